The van der Waals surface area contributed by atoms with Gasteiger partial charge in [-0.25, -0.2) is 18.2 Å². The monoisotopic (exact) mass is 255 g/mol. The van der Waals surface area contributed by atoms with Gasteiger partial charge in [0.2, 0.25) is 0 Å². The topological polar surface area (TPSA) is 43.8 Å². The lowest BCUT2D eigenvalue weighted by molar-refractivity contribution is 0.438. The Morgan fingerprint density at radius 2 is 2.00 bits per heavy atom. The van der Waals surface area contributed by atoms with Crippen molar-refractivity contribution < 1.29 is 13.2 Å². The molecule has 0 bridgehead atoms. The molecular formula is C12H12F3N3. The lowest BCUT2D eigenvalue weighted by Gasteiger charge is -2.11. The van der Waals surface area contributed by atoms with Crippen LogP contribution in [0, 0.1) is 17.5 Å². The van der Waals surface area contributed by atoms with Crippen molar-refractivity contribution in [2.45, 2.75) is 19.5 Å². The van der Waals surface area contributed by atoms with Gasteiger partial charge in [0.1, 0.15) is 0 Å². The molecule has 0 aliphatic rings. The van der Waals surface area contributed by atoms with Crippen molar-refractivity contribution in [2.24, 2.45) is 5.73 Å². The fourth-order valence-electron chi connectivity index (χ4n) is 1.65. The molecule has 2 N–H and O–H groups in total. The van der Waals surface area contributed by atoms with Crippen molar-refractivity contribution in [3.05, 3.63) is 53.4 Å². The van der Waals surface area contributed by atoms with E-state index in [1.807, 2.05) is 6.92 Å². The number of aromatic nitrogens is 2. The third-order valence-electron chi connectivity index (χ3n) is 2.74. The molecule has 0 aliphatic heterocycles. The number of imidazole rings is 1. The maximum atomic E-state index is 13.6. The molecule has 3 nitrogen and oxygen atoms in total. The Bertz CT molecular complexity index is 566. The fourth-order valence-corrected chi connectivity index (χ4v) is 1.65. The number of aryl methyl sites for hydroxylation is 1. The van der Waals surface area contributed by atoms with Crippen LogP contribution in [0.3, 0.4) is 0 Å². The summed E-state index contributed by atoms with van der Waals surface area (Å²) in [6, 6.07) is 1.06. The zero-order chi connectivity index (χ0) is 13.3. The first kappa shape index (κ1) is 12.6. The Morgan fingerprint density at radius 3 is 2.61 bits per heavy atom. The summed E-state index contributed by atoms with van der Waals surface area (Å²) in [7, 11) is 0. The Hall–Kier alpha value is -1.82. The number of hydrogen-bond donors (Lipinski definition) is 1. The van der Waals surface area contributed by atoms with E-state index in [9.17, 15) is 13.2 Å². The van der Waals surface area contributed by atoms with Gasteiger partial charge >= 0.3 is 0 Å². The van der Waals surface area contributed by atoms with Crippen LogP contribution >= 0.6 is 0 Å². The molecule has 0 fully saturated rings. The lowest BCUT2D eigenvalue weighted by atomic mass is 10.0. The van der Waals surface area contributed by atoms with Gasteiger partial charge in [0, 0.05) is 18.3 Å². The maximum absolute atomic E-state index is 13.6. The van der Waals surface area contributed by atoms with Gasteiger partial charge in [-0.15, -0.1) is 0 Å². The summed E-state index contributed by atoms with van der Waals surface area (Å²) < 4.78 is 41.2. The summed E-state index contributed by atoms with van der Waals surface area (Å²) in [6.07, 6.45) is 3.19. The first-order valence-electron chi connectivity index (χ1n) is 5.45. The van der Waals surface area contributed by atoms with Gasteiger partial charge < -0.3 is 10.3 Å². The number of nitrogens with zero attached hydrogens (tertiary/aromatic N) is 2. The van der Waals surface area contributed by atoms with Crippen molar-refractivity contribution in [1.82, 2.24) is 9.55 Å². The number of hydrogen-bond acceptors (Lipinski definition) is 2. The number of nitrogens with two attached hydrogens (primary N) is 1. The molecule has 1 aromatic carbocycles. The smallest absolute Gasteiger partial charge is 0.194 e. The molecule has 0 saturated heterocycles. The molecule has 18 heavy (non-hydrogen) atoms. The Balaban J connectivity index is 2.39. The molecule has 0 radical (unpaired) electrons. The third kappa shape index (κ3) is 2.11. The second kappa shape index (κ2) is 4.81. The second-order valence-electron chi connectivity index (χ2n) is 3.87. The van der Waals surface area contributed by atoms with Gasteiger partial charge in [-0.3, -0.25) is 0 Å². The average molecular weight is 255 g/mol. The van der Waals surface area contributed by atoms with E-state index in [-0.39, 0.29) is 5.56 Å². The highest BCUT2D eigenvalue weighted by Gasteiger charge is 2.20. The van der Waals surface area contributed by atoms with E-state index in [0.717, 1.165) is 12.1 Å². The predicted octanol–water partition coefficient (Wildman–Crippen LogP) is 2.37. The molecule has 1 unspecified atom stereocenters. The SMILES string of the molecule is CCn1cnc(C(N)c2ccc(F)c(F)c2F)c1. The molecule has 6 heteroatoms. The summed E-state index contributed by atoms with van der Waals surface area (Å²) in [6.45, 7) is 2.61. The summed E-state index contributed by atoms with van der Waals surface area (Å²) in [5.74, 6) is -4.02. The van der Waals surface area contributed by atoms with Crippen molar-refractivity contribution in [3.63, 3.8) is 0 Å². The molecule has 0 amide bonds. The van der Waals surface area contributed by atoms with Crippen LogP contribution < -0.4 is 5.73 Å². The quantitative estimate of drug-likeness (QED) is 0.856. The van der Waals surface area contributed by atoms with Gasteiger partial charge in [0.15, 0.2) is 17.5 Å². The van der Waals surface area contributed by atoms with Crippen molar-refractivity contribution in [2.75, 3.05) is 0 Å². The maximum Gasteiger partial charge on any atom is 0.194 e. The summed E-state index contributed by atoms with van der Waals surface area (Å²) in [4.78, 5) is 4.01. The van der Waals surface area contributed by atoms with Crippen LogP contribution in [0.1, 0.15) is 24.2 Å². The van der Waals surface area contributed by atoms with E-state index in [2.05, 4.69) is 4.98 Å². The molecule has 0 saturated carbocycles. The van der Waals surface area contributed by atoms with Gasteiger partial charge in [0.25, 0.3) is 0 Å². The van der Waals surface area contributed by atoms with Gasteiger partial charge in [-0.2, -0.15) is 0 Å². The fraction of sp³-hybridized carbons (Fsp3) is 0.250. The Morgan fingerprint density at radius 1 is 1.28 bits per heavy atom. The molecule has 1 atom stereocenters. The molecule has 96 valence electrons. The van der Waals surface area contributed by atoms with Crippen LogP contribution in [-0.4, -0.2) is 9.55 Å². The molecule has 0 spiro atoms. The van der Waals surface area contributed by atoms with Crippen LogP contribution in [0.5, 0.6) is 0 Å². The minimum absolute atomic E-state index is 0.116. The zero-order valence-corrected chi connectivity index (χ0v) is 9.70. The second-order valence-corrected chi connectivity index (χ2v) is 3.87. The average Bonchev–Trinajstić information content (AvgIpc) is 2.84. The lowest BCUT2D eigenvalue weighted by Crippen LogP contribution is -2.15. The van der Waals surface area contributed by atoms with E-state index >= 15 is 0 Å². The number of halogens is 3. The minimum atomic E-state index is -1.52. The molecule has 0 aliphatic carbocycles. The standard InChI is InChI=1S/C12H12F3N3/c1-2-18-5-9(17-6-18)12(16)7-3-4-8(13)11(15)10(7)14/h3-6,12H,2,16H2,1H3. The van der Waals surface area contributed by atoms with E-state index in [4.69, 9.17) is 5.73 Å². The third-order valence-corrected chi connectivity index (χ3v) is 2.74. The normalized spacial score (nSPS) is 12.7. The summed E-state index contributed by atoms with van der Waals surface area (Å²) in [5, 5.41) is 0. The van der Waals surface area contributed by atoms with E-state index < -0.39 is 23.5 Å². The van der Waals surface area contributed by atoms with E-state index in [1.165, 1.54) is 0 Å². The molecule has 1 heterocycles. The highest BCUT2D eigenvalue weighted by Crippen LogP contribution is 2.23. The molecular weight excluding hydrogens is 243 g/mol. The van der Waals surface area contributed by atoms with Crippen LogP contribution in [0.25, 0.3) is 0 Å². The molecule has 1 aromatic heterocycles. The Labute approximate surface area is 102 Å². The summed E-state index contributed by atoms with van der Waals surface area (Å²) >= 11 is 0. The van der Waals surface area contributed by atoms with Gasteiger partial charge in [-0.05, 0) is 13.0 Å². The predicted molar refractivity (Wildman–Crippen MR) is 60.2 cm³/mol. The minimum Gasteiger partial charge on any atom is -0.337 e. The van der Waals surface area contributed by atoms with Crippen molar-refractivity contribution in [3.8, 4) is 0 Å². The number of benzene rings is 1. The highest BCUT2D eigenvalue weighted by molar-refractivity contribution is 5.29. The number of rotatable bonds is 3. The molecule has 2 aromatic rings. The van der Waals surface area contributed by atoms with Gasteiger partial charge in [-0.1, -0.05) is 6.07 Å². The molecule has 2 rings (SSSR count). The van der Waals surface area contributed by atoms with Crippen LogP contribution in [0.2, 0.25) is 0 Å². The van der Waals surface area contributed by atoms with Crippen LogP contribution in [0.4, 0.5) is 13.2 Å². The summed E-state index contributed by atoms with van der Waals surface area (Å²) in [5.41, 5.74) is 6.09. The zero-order valence-electron chi connectivity index (χ0n) is 9.70. The Kier molecular flexibility index (Phi) is 3.38. The van der Waals surface area contributed by atoms with Crippen LogP contribution in [-0.2, 0) is 6.54 Å². The van der Waals surface area contributed by atoms with E-state index in [0.29, 0.717) is 12.2 Å². The highest BCUT2D eigenvalue weighted by atomic mass is 19.2. The van der Waals surface area contributed by atoms with Crippen molar-refractivity contribution in [1.29, 1.82) is 0 Å². The largest absolute Gasteiger partial charge is 0.337 e. The first-order valence-corrected chi connectivity index (χ1v) is 5.45. The van der Waals surface area contributed by atoms with Crippen molar-refractivity contribution >= 4 is 0 Å². The first-order chi connectivity index (χ1) is 8.54. The van der Waals surface area contributed by atoms with E-state index in [1.54, 1.807) is 17.1 Å². The van der Waals surface area contributed by atoms with Crippen LogP contribution in [0.15, 0.2) is 24.7 Å². The van der Waals surface area contributed by atoms with Gasteiger partial charge in [0.05, 0.1) is 18.1 Å².